The van der Waals surface area contributed by atoms with Gasteiger partial charge in [-0.05, 0) is 37.6 Å². The summed E-state index contributed by atoms with van der Waals surface area (Å²) in [5.41, 5.74) is 2.49. The quantitative estimate of drug-likeness (QED) is 0.469. The minimum Gasteiger partial charge on any atom is -0.710 e. The molecule has 1 aliphatic heterocycles. The third-order valence-electron chi connectivity index (χ3n) is 2.36. The number of nitrogens with zero attached hydrogens (tertiary/aromatic N) is 1. The van der Waals surface area contributed by atoms with E-state index in [4.69, 9.17) is 0 Å². The maximum Gasteiger partial charge on any atom is 0.287 e. The number of pyridine rings is 1. The number of aryl methyl sites for hydroxylation is 2. The summed E-state index contributed by atoms with van der Waals surface area (Å²) in [4.78, 5) is 0. The number of anilines is 1. The van der Waals surface area contributed by atoms with Crippen LogP contribution >= 0.6 is 0 Å². The summed E-state index contributed by atoms with van der Waals surface area (Å²) in [6.07, 6.45) is 2.61. The summed E-state index contributed by atoms with van der Waals surface area (Å²) in [6, 6.07) is 1.83. The zero-order valence-corrected chi connectivity index (χ0v) is 8.11. The third-order valence-corrected chi connectivity index (χ3v) is 2.36. The van der Waals surface area contributed by atoms with Crippen LogP contribution in [0.1, 0.15) is 16.8 Å². The zero-order valence-electron chi connectivity index (χ0n) is 8.11. The van der Waals surface area contributed by atoms with Gasteiger partial charge in [0.05, 0.1) is 5.56 Å². The van der Waals surface area contributed by atoms with Gasteiger partial charge in [-0.1, -0.05) is 0 Å². The van der Waals surface area contributed by atoms with Crippen LogP contribution in [0.15, 0.2) is 12.1 Å². The molecule has 1 aliphatic rings. The van der Waals surface area contributed by atoms with Gasteiger partial charge >= 0.3 is 0 Å². The van der Waals surface area contributed by atoms with E-state index in [-0.39, 0.29) is 0 Å². The number of hydrogen-bond acceptors (Lipinski definition) is 3. The van der Waals surface area contributed by atoms with Crippen LogP contribution in [0.5, 0.6) is 0 Å². The average Bonchev–Trinajstić information content (AvgIpc) is 2.14. The lowest BCUT2D eigenvalue weighted by Crippen LogP contribution is -2.39. The van der Waals surface area contributed by atoms with E-state index < -0.39 is 6.23 Å². The van der Waals surface area contributed by atoms with Crippen molar-refractivity contribution in [3.05, 3.63) is 34.2 Å². The van der Waals surface area contributed by atoms with Gasteiger partial charge in [-0.3, -0.25) is 0 Å². The molecule has 0 aromatic carbocycles. The van der Waals surface area contributed by atoms with E-state index in [0.29, 0.717) is 11.5 Å². The van der Waals surface area contributed by atoms with Gasteiger partial charge in [0.25, 0.3) is 5.82 Å². The normalized spacial score (nSPS) is 18.9. The van der Waals surface area contributed by atoms with Crippen molar-refractivity contribution >= 4 is 11.9 Å². The van der Waals surface area contributed by atoms with E-state index in [1.807, 2.05) is 13.0 Å². The van der Waals surface area contributed by atoms with Crippen LogP contribution in [0.3, 0.4) is 0 Å². The molecule has 2 rings (SSSR count). The number of aromatic nitrogens is 1. The fourth-order valence-electron chi connectivity index (χ4n) is 1.64. The number of fused-ring (bicyclic) bond motifs is 1. The molecular formula is C10H12N2O2. The summed E-state index contributed by atoms with van der Waals surface area (Å²) in [7, 11) is 0. The van der Waals surface area contributed by atoms with E-state index in [2.05, 4.69) is 5.32 Å². The first-order chi connectivity index (χ1) is 6.59. The molecule has 1 unspecified atom stereocenters. The van der Waals surface area contributed by atoms with Crippen molar-refractivity contribution in [1.82, 2.24) is 0 Å². The second-order valence-corrected chi connectivity index (χ2v) is 3.47. The highest BCUT2D eigenvalue weighted by molar-refractivity contribution is 5.67. The second kappa shape index (κ2) is 2.99. The monoisotopic (exact) mass is 192 g/mol. The third kappa shape index (κ3) is 1.24. The first-order valence-electron chi connectivity index (χ1n) is 4.46. The molecule has 0 saturated heterocycles. The van der Waals surface area contributed by atoms with Gasteiger partial charge in [-0.2, -0.15) is 0 Å². The number of hydrogen-bond donors (Lipinski definition) is 2. The molecule has 74 valence electrons. The van der Waals surface area contributed by atoms with Crippen LogP contribution in [0.25, 0.3) is 6.08 Å². The Morgan fingerprint density at radius 2 is 2.21 bits per heavy atom. The Kier molecular flexibility index (Phi) is 1.93. The largest absolute Gasteiger partial charge is 0.710 e. The molecule has 4 heteroatoms. The highest BCUT2D eigenvalue weighted by Crippen LogP contribution is 2.22. The highest BCUT2D eigenvalue weighted by Gasteiger charge is 2.21. The molecule has 0 radical (unpaired) electrons. The molecular weight excluding hydrogens is 180 g/mol. The average molecular weight is 192 g/mol. The van der Waals surface area contributed by atoms with Gasteiger partial charge in [-0.25, -0.2) is 10.0 Å². The molecule has 1 atom stereocenters. The molecule has 0 saturated carbocycles. The van der Waals surface area contributed by atoms with Crippen molar-refractivity contribution in [3.63, 3.8) is 0 Å². The molecule has 0 amide bonds. The summed E-state index contributed by atoms with van der Waals surface area (Å²) in [5, 5.41) is 23.7. The highest BCUT2D eigenvalue weighted by atomic mass is 16.5. The van der Waals surface area contributed by atoms with Gasteiger partial charge in [0.2, 0.25) is 6.23 Å². The van der Waals surface area contributed by atoms with Crippen molar-refractivity contribution < 1.29 is 9.84 Å². The van der Waals surface area contributed by atoms with Gasteiger partial charge in [0, 0.05) is 0 Å². The van der Waals surface area contributed by atoms with Crippen LogP contribution in [-0.2, 0) is 0 Å². The Morgan fingerprint density at radius 1 is 1.50 bits per heavy atom. The maximum atomic E-state index is 11.6. The van der Waals surface area contributed by atoms with Crippen LogP contribution in [0.2, 0.25) is 0 Å². The minimum absolute atomic E-state index is 0.428. The van der Waals surface area contributed by atoms with E-state index in [9.17, 15) is 10.3 Å². The topological polar surface area (TPSA) is 59.2 Å². The summed E-state index contributed by atoms with van der Waals surface area (Å²) >= 11 is 0. The molecule has 1 aromatic rings. The van der Waals surface area contributed by atoms with Crippen LogP contribution < -0.4 is 10.0 Å². The lowest BCUT2D eigenvalue weighted by Gasteiger charge is -2.19. The number of aliphatic hydroxyl groups is 1. The minimum atomic E-state index is -0.774. The van der Waals surface area contributed by atoms with E-state index in [1.54, 1.807) is 19.1 Å². The van der Waals surface area contributed by atoms with Crippen molar-refractivity contribution in [2.75, 3.05) is 5.32 Å². The number of rotatable bonds is 0. The zero-order chi connectivity index (χ0) is 10.3. The van der Waals surface area contributed by atoms with E-state index >= 15 is 0 Å². The fourth-order valence-corrected chi connectivity index (χ4v) is 1.64. The Hall–Kier alpha value is -1.55. The Labute approximate surface area is 82.1 Å². The standard InChI is InChI=1S/C10H12N2O2/c1-6-5-7(2)12(14)10-8(6)3-4-9(13)11-10/h3-5,9,11,13H,1-2H3. The van der Waals surface area contributed by atoms with Crippen LogP contribution in [0, 0.1) is 19.1 Å². The Morgan fingerprint density at radius 3 is 2.93 bits per heavy atom. The summed E-state index contributed by atoms with van der Waals surface area (Å²) in [5.74, 6) is 0.428. The maximum absolute atomic E-state index is 11.6. The van der Waals surface area contributed by atoms with Gasteiger partial charge in [0.1, 0.15) is 5.69 Å². The molecule has 1 aromatic heterocycles. The first kappa shape index (κ1) is 9.02. The molecule has 0 fully saturated rings. The summed E-state index contributed by atoms with van der Waals surface area (Å²) < 4.78 is 0.801. The molecule has 4 nitrogen and oxygen atoms in total. The van der Waals surface area contributed by atoms with Crippen molar-refractivity contribution in [2.24, 2.45) is 0 Å². The van der Waals surface area contributed by atoms with Crippen molar-refractivity contribution in [1.29, 1.82) is 0 Å². The van der Waals surface area contributed by atoms with Crippen LogP contribution in [0.4, 0.5) is 5.82 Å². The Balaban J connectivity index is 2.66. The molecule has 2 N–H and O–H groups in total. The predicted molar refractivity (Wildman–Crippen MR) is 53.5 cm³/mol. The van der Waals surface area contributed by atoms with Gasteiger partial charge in [-0.15, -0.1) is 0 Å². The lowest BCUT2D eigenvalue weighted by molar-refractivity contribution is -0.597. The molecule has 0 spiro atoms. The van der Waals surface area contributed by atoms with Crippen LogP contribution in [-0.4, -0.2) is 11.3 Å². The Bertz CT molecular complexity index is 413. The fraction of sp³-hybridized carbons (Fsp3) is 0.300. The molecule has 14 heavy (non-hydrogen) atoms. The van der Waals surface area contributed by atoms with E-state index in [1.165, 1.54) is 0 Å². The number of nitrogens with one attached hydrogen (secondary N) is 1. The lowest BCUT2D eigenvalue weighted by atomic mass is 10.1. The molecule has 0 aliphatic carbocycles. The smallest absolute Gasteiger partial charge is 0.287 e. The van der Waals surface area contributed by atoms with Crippen molar-refractivity contribution in [3.8, 4) is 0 Å². The van der Waals surface area contributed by atoms with Crippen molar-refractivity contribution in [2.45, 2.75) is 20.1 Å². The van der Waals surface area contributed by atoms with Gasteiger partial charge in [0.15, 0.2) is 0 Å². The van der Waals surface area contributed by atoms with Gasteiger partial charge < -0.3 is 10.3 Å². The van der Waals surface area contributed by atoms with E-state index in [0.717, 1.165) is 15.9 Å². The summed E-state index contributed by atoms with van der Waals surface area (Å²) in [6.45, 7) is 3.68. The SMILES string of the molecule is Cc1cc(C)[n+]([O-])c2c1C=CC(O)N2. The molecule has 2 heterocycles. The second-order valence-electron chi connectivity index (χ2n) is 3.47. The predicted octanol–water partition coefficient (Wildman–Crippen LogP) is 0.694. The number of aliphatic hydroxyl groups excluding tert-OH is 1. The first-order valence-corrected chi connectivity index (χ1v) is 4.46. The molecule has 0 bridgehead atoms.